The van der Waals surface area contributed by atoms with E-state index >= 15 is 0 Å². The summed E-state index contributed by atoms with van der Waals surface area (Å²) in [5.41, 5.74) is 3.91. The number of dihydropyridines is 1. The number of halogens is 2. The van der Waals surface area contributed by atoms with Crippen molar-refractivity contribution in [3.63, 3.8) is 0 Å². The molecule has 0 fully saturated rings. The molecule has 1 heterocycles. The molecule has 1 N–H and O–H groups in total. The van der Waals surface area contributed by atoms with Crippen LogP contribution in [0, 0.1) is 12.3 Å². The van der Waals surface area contributed by atoms with Crippen molar-refractivity contribution in [1.29, 1.82) is 0 Å². The summed E-state index contributed by atoms with van der Waals surface area (Å²) < 4.78 is 10.5. The zero-order valence-corrected chi connectivity index (χ0v) is 18.2. The summed E-state index contributed by atoms with van der Waals surface area (Å²) in [6.07, 6.45) is 5.25. The van der Waals surface area contributed by atoms with Gasteiger partial charge in [0, 0.05) is 28.3 Å². The number of nitrogens with one attached hydrogen (secondary N) is 1. The van der Waals surface area contributed by atoms with Crippen LogP contribution in [0.25, 0.3) is 5.70 Å². The summed E-state index contributed by atoms with van der Waals surface area (Å²) in [7, 11) is 1.30. The van der Waals surface area contributed by atoms with E-state index in [1.54, 1.807) is 31.2 Å². The Balaban J connectivity index is 1.92. The summed E-state index contributed by atoms with van der Waals surface area (Å²) in [6, 6.07) is 10.6. The van der Waals surface area contributed by atoms with Gasteiger partial charge in [-0.15, -0.1) is 6.42 Å². The van der Waals surface area contributed by atoms with Gasteiger partial charge in [0.05, 0.1) is 28.4 Å². The molecule has 31 heavy (non-hydrogen) atoms. The van der Waals surface area contributed by atoms with Gasteiger partial charge in [0.15, 0.2) is 11.5 Å². The van der Waals surface area contributed by atoms with Gasteiger partial charge < -0.3 is 14.8 Å². The molecule has 0 spiro atoms. The summed E-state index contributed by atoms with van der Waals surface area (Å²) >= 11 is 12.9. The van der Waals surface area contributed by atoms with E-state index in [1.807, 2.05) is 12.1 Å². The van der Waals surface area contributed by atoms with Crippen molar-refractivity contribution in [2.45, 2.75) is 12.8 Å². The lowest BCUT2D eigenvalue weighted by Gasteiger charge is -2.29. The number of esters is 1. The monoisotopic (exact) mass is 453 g/mol. The van der Waals surface area contributed by atoms with Crippen LogP contribution in [-0.4, -0.2) is 25.5 Å². The Kier molecular flexibility index (Phi) is 5.53. The first-order valence-electron chi connectivity index (χ1n) is 9.38. The van der Waals surface area contributed by atoms with E-state index in [1.165, 1.54) is 7.11 Å². The van der Waals surface area contributed by atoms with Gasteiger partial charge in [0.25, 0.3) is 0 Å². The van der Waals surface area contributed by atoms with Crippen LogP contribution in [0.5, 0.6) is 5.75 Å². The molecule has 4 rings (SSSR count). The normalized spacial score (nSPS) is 17.0. The van der Waals surface area contributed by atoms with E-state index in [0.29, 0.717) is 33.7 Å². The Bertz CT molecular complexity index is 1210. The van der Waals surface area contributed by atoms with Crippen LogP contribution in [0.15, 0.2) is 53.2 Å². The molecule has 0 aromatic heterocycles. The maximum absolute atomic E-state index is 13.4. The second kappa shape index (κ2) is 8.14. The van der Waals surface area contributed by atoms with Gasteiger partial charge in [-0.05, 0) is 24.6 Å². The van der Waals surface area contributed by atoms with Crippen LogP contribution < -0.4 is 10.1 Å². The molecular weight excluding hydrogens is 437 g/mol. The van der Waals surface area contributed by atoms with Crippen LogP contribution in [-0.2, 0) is 9.53 Å². The van der Waals surface area contributed by atoms with Crippen molar-refractivity contribution < 1.29 is 19.1 Å². The molecule has 1 aliphatic heterocycles. The molecule has 1 atom stereocenters. The first-order chi connectivity index (χ1) is 14.9. The summed E-state index contributed by atoms with van der Waals surface area (Å²) in [6.45, 7) is 1.77. The van der Waals surface area contributed by atoms with Gasteiger partial charge in [0.2, 0.25) is 0 Å². The number of methoxy groups -OCH3 is 1. The minimum absolute atomic E-state index is 0.00164. The summed E-state index contributed by atoms with van der Waals surface area (Å²) in [5, 5.41) is 3.67. The van der Waals surface area contributed by atoms with Crippen molar-refractivity contribution in [2.24, 2.45) is 0 Å². The predicted molar refractivity (Wildman–Crippen MR) is 119 cm³/mol. The number of carbonyl (C=O) groups is 2. The number of benzene rings is 2. The highest BCUT2D eigenvalue weighted by molar-refractivity contribution is 6.37. The molecule has 2 aromatic carbocycles. The number of hydrogen-bond acceptors (Lipinski definition) is 5. The largest absolute Gasteiger partial charge is 0.478 e. The zero-order chi connectivity index (χ0) is 22.3. The molecule has 0 saturated carbocycles. The first-order valence-corrected chi connectivity index (χ1v) is 10.1. The second-order valence-corrected chi connectivity index (χ2v) is 7.87. The van der Waals surface area contributed by atoms with E-state index in [4.69, 9.17) is 39.1 Å². The molecule has 1 aliphatic carbocycles. The standard InChI is InChI=1S/C24H17Cl2NO4/c1-4-9-31-23-16(25)10-13(11-17(23)26)19-18(24(29)30-3)12(2)27-21-14-7-5-6-8-15(14)22(28)20(19)21/h1,5-8,10-11,19,27H,9H2,2-3H3/t19-/m1/s1. The lowest BCUT2D eigenvalue weighted by molar-refractivity contribution is -0.136. The SMILES string of the molecule is C#CCOc1c(Cl)cc([C@@H]2C(C(=O)OC)=C(C)NC3=C2C(=O)c2ccccc23)cc1Cl. The van der Waals surface area contributed by atoms with Crippen molar-refractivity contribution in [3.8, 4) is 18.1 Å². The number of ether oxygens (including phenoxy) is 2. The zero-order valence-electron chi connectivity index (χ0n) is 16.7. The number of Topliss-reactive ketones (excluding diaryl/α,β-unsaturated/α-hetero) is 1. The molecule has 2 aromatic rings. The van der Waals surface area contributed by atoms with E-state index in [0.717, 1.165) is 5.56 Å². The highest BCUT2D eigenvalue weighted by Crippen LogP contribution is 2.48. The molecule has 0 amide bonds. The molecule has 0 unspecified atom stereocenters. The van der Waals surface area contributed by atoms with Gasteiger partial charge in [-0.25, -0.2) is 4.79 Å². The smallest absolute Gasteiger partial charge is 0.336 e. The number of fused-ring (bicyclic) bond motifs is 2. The highest BCUT2D eigenvalue weighted by atomic mass is 35.5. The first kappa shape index (κ1) is 21.0. The number of terminal acetylenes is 1. The molecule has 0 radical (unpaired) electrons. The Morgan fingerprint density at radius 3 is 2.45 bits per heavy atom. The minimum Gasteiger partial charge on any atom is -0.478 e. The molecule has 5 nitrogen and oxygen atoms in total. The molecule has 2 aliphatic rings. The lowest BCUT2D eigenvalue weighted by Crippen LogP contribution is -2.29. The van der Waals surface area contributed by atoms with Crippen LogP contribution in [0.3, 0.4) is 0 Å². The molecule has 0 bridgehead atoms. The summed E-state index contributed by atoms with van der Waals surface area (Å²) in [5.74, 6) is 1.16. The number of ketones is 1. The minimum atomic E-state index is -0.722. The fraction of sp³-hybridized carbons (Fsp3) is 0.167. The third-order valence-electron chi connectivity index (χ3n) is 5.31. The Labute approximate surface area is 189 Å². The number of allylic oxidation sites excluding steroid dienone is 2. The predicted octanol–water partition coefficient (Wildman–Crippen LogP) is 4.75. The van der Waals surface area contributed by atoms with Gasteiger partial charge in [-0.3, -0.25) is 4.79 Å². The Hall–Kier alpha value is -3.20. The van der Waals surface area contributed by atoms with Crippen LogP contribution in [0.1, 0.15) is 34.3 Å². The van der Waals surface area contributed by atoms with E-state index < -0.39 is 11.9 Å². The van der Waals surface area contributed by atoms with Crippen molar-refractivity contribution in [2.75, 3.05) is 13.7 Å². The third kappa shape index (κ3) is 3.38. The second-order valence-electron chi connectivity index (χ2n) is 7.06. The number of rotatable bonds is 4. The molecular formula is C24H17Cl2NO4. The highest BCUT2D eigenvalue weighted by Gasteiger charge is 2.43. The maximum Gasteiger partial charge on any atom is 0.336 e. The average molecular weight is 454 g/mol. The van der Waals surface area contributed by atoms with Gasteiger partial charge in [0.1, 0.15) is 6.61 Å². The lowest BCUT2D eigenvalue weighted by atomic mass is 9.80. The van der Waals surface area contributed by atoms with Crippen LogP contribution in [0.4, 0.5) is 0 Å². The summed E-state index contributed by atoms with van der Waals surface area (Å²) in [4.78, 5) is 26.1. The topological polar surface area (TPSA) is 64.6 Å². The average Bonchev–Trinajstić information content (AvgIpc) is 3.03. The third-order valence-corrected chi connectivity index (χ3v) is 5.87. The van der Waals surface area contributed by atoms with Crippen LogP contribution in [0.2, 0.25) is 10.0 Å². The van der Waals surface area contributed by atoms with Gasteiger partial charge in [-0.1, -0.05) is 53.4 Å². The van der Waals surface area contributed by atoms with E-state index in [2.05, 4.69) is 11.2 Å². The molecule has 0 saturated heterocycles. The molecule has 156 valence electrons. The Morgan fingerprint density at radius 2 is 1.84 bits per heavy atom. The van der Waals surface area contributed by atoms with E-state index in [9.17, 15) is 9.59 Å². The van der Waals surface area contributed by atoms with Crippen molar-refractivity contribution >= 4 is 40.7 Å². The van der Waals surface area contributed by atoms with Gasteiger partial charge >= 0.3 is 5.97 Å². The number of carbonyl (C=O) groups excluding carboxylic acids is 2. The van der Waals surface area contributed by atoms with Crippen molar-refractivity contribution in [3.05, 3.63) is 80.0 Å². The van der Waals surface area contributed by atoms with Crippen molar-refractivity contribution in [1.82, 2.24) is 5.32 Å². The van der Waals surface area contributed by atoms with E-state index in [-0.39, 0.29) is 28.2 Å². The fourth-order valence-corrected chi connectivity index (χ4v) is 4.65. The van der Waals surface area contributed by atoms with Crippen LogP contribution >= 0.6 is 23.2 Å². The maximum atomic E-state index is 13.4. The number of hydrogen-bond donors (Lipinski definition) is 1. The Morgan fingerprint density at radius 1 is 1.19 bits per heavy atom. The quantitative estimate of drug-likeness (QED) is 0.534. The molecule has 7 heteroatoms. The van der Waals surface area contributed by atoms with Gasteiger partial charge in [-0.2, -0.15) is 0 Å². The fourth-order valence-electron chi connectivity index (χ4n) is 4.04.